The van der Waals surface area contributed by atoms with Crippen LogP contribution in [0.2, 0.25) is 0 Å². The van der Waals surface area contributed by atoms with Crippen LogP contribution in [0, 0.1) is 0 Å². The van der Waals surface area contributed by atoms with E-state index in [0.717, 1.165) is 12.0 Å². The van der Waals surface area contributed by atoms with E-state index in [2.05, 4.69) is 65.2 Å². The molecule has 1 atom stereocenters. The van der Waals surface area contributed by atoms with Gasteiger partial charge < -0.3 is 11.3 Å². The lowest BCUT2D eigenvalue weighted by Crippen LogP contribution is -2.32. The van der Waals surface area contributed by atoms with Crippen LogP contribution >= 0.6 is 0 Å². The molecular formula is C23H26N4. The molecular weight excluding hydrogens is 332 g/mol. The first-order valence-corrected chi connectivity index (χ1v) is 9.62. The Balaban J connectivity index is 1.65. The highest BCUT2D eigenvalue weighted by molar-refractivity contribution is 5.99. The summed E-state index contributed by atoms with van der Waals surface area (Å²) < 4.78 is 0. The first kappa shape index (κ1) is 17.6. The van der Waals surface area contributed by atoms with Crippen LogP contribution in [0.25, 0.3) is 11.1 Å². The van der Waals surface area contributed by atoms with Crippen molar-refractivity contribution in [3.8, 4) is 11.1 Å². The molecule has 0 spiro atoms. The minimum atomic E-state index is 0.495. The summed E-state index contributed by atoms with van der Waals surface area (Å²) in [7, 11) is 0. The number of fused-ring (bicyclic) bond motifs is 3. The molecule has 0 radical (unpaired) electrons. The third-order valence-electron chi connectivity index (χ3n) is 5.72. The Morgan fingerprint density at radius 1 is 1.15 bits per heavy atom. The molecule has 2 aromatic rings. The average Bonchev–Trinajstić information content (AvgIpc) is 2.74. The fraction of sp³-hybridized carbons (Fsp3) is 0.261. The van der Waals surface area contributed by atoms with Gasteiger partial charge in [-0.15, -0.1) is 0 Å². The summed E-state index contributed by atoms with van der Waals surface area (Å²) in [4.78, 5) is 0. The van der Waals surface area contributed by atoms with E-state index in [-0.39, 0.29) is 0 Å². The molecule has 0 saturated heterocycles. The van der Waals surface area contributed by atoms with Crippen molar-refractivity contribution < 1.29 is 0 Å². The number of rotatable bonds is 4. The minimum absolute atomic E-state index is 0.495. The Labute approximate surface area is 160 Å². The van der Waals surface area contributed by atoms with Gasteiger partial charge in [-0.25, -0.2) is 5.84 Å². The van der Waals surface area contributed by atoms with Gasteiger partial charge in [0.2, 0.25) is 0 Å². The van der Waals surface area contributed by atoms with E-state index in [0.29, 0.717) is 11.8 Å². The maximum atomic E-state index is 5.55. The van der Waals surface area contributed by atoms with Gasteiger partial charge in [0.05, 0.1) is 0 Å². The first-order chi connectivity index (χ1) is 13.3. The lowest BCUT2D eigenvalue weighted by atomic mass is 9.76. The van der Waals surface area contributed by atoms with Crippen molar-refractivity contribution in [2.45, 2.75) is 38.0 Å². The molecule has 0 aromatic heterocycles. The van der Waals surface area contributed by atoms with E-state index in [1.807, 2.05) is 6.07 Å². The standard InChI is InChI=1S/C23H26N4/c24-26-23(27-25)19-13-12-18-14-17(11-10-16-6-2-1-3-7-16)20-8-4-5-9-21(20)22(18)15-19/h1-2,4-6,8-9,12-13,15,17H,3,7,10-11,14,24-25H2,(H,26,27)/t17-/m0/s1. The van der Waals surface area contributed by atoms with Crippen LogP contribution in [0.15, 0.2) is 71.4 Å². The highest BCUT2D eigenvalue weighted by Gasteiger charge is 2.25. The molecule has 0 bridgehead atoms. The Morgan fingerprint density at radius 3 is 2.81 bits per heavy atom. The number of hydrogen-bond donors (Lipinski definition) is 3. The van der Waals surface area contributed by atoms with Crippen molar-refractivity contribution in [3.63, 3.8) is 0 Å². The zero-order valence-corrected chi connectivity index (χ0v) is 15.5. The quantitative estimate of drug-likeness (QED) is 0.333. The molecule has 27 heavy (non-hydrogen) atoms. The maximum absolute atomic E-state index is 5.55. The molecule has 0 fully saturated rings. The largest absolute Gasteiger partial charge is 0.321 e. The van der Waals surface area contributed by atoms with E-state index in [1.54, 1.807) is 5.57 Å². The van der Waals surface area contributed by atoms with Gasteiger partial charge in [-0.3, -0.25) is 0 Å². The third-order valence-corrected chi connectivity index (χ3v) is 5.72. The summed E-state index contributed by atoms with van der Waals surface area (Å²) in [6.07, 6.45) is 12.6. The number of amidine groups is 1. The second kappa shape index (κ2) is 7.80. The maximum Gasteiger partial charge on any atom is 0.166 e. The van der Waals surface area contributed by atoms with Crippen LogP contribution in [0.5, 0.6) is 0 Å². The first-order valence-electron chi connectivity index (χ1n) is 9.62. The zero-order chi connectivity index (χ0) is 18.6. The summed E-state index contributed by atoms with van der Waals surface area (Å²) in [5.41, 5.74) is 10.5. The predicted octanol–water partition coefficient (Wildman–Crippen LogP) is 4.13. The van der Waals surface area contributed by atoms with Crippen molar-refractivity contribution in [2.75, 3.05) is 0 Å². The van der Waals surface area contributed by atoms with E-state index >= 15 is 0 Å². The van der Waals surface area contributed by atoms with Gasteiger partial charge >= 0.3 is 0 Å². The summed E-state index contributed by atoms with van der Waals surface area (Å²) in [5, 5.41) is 3.75. The van der Waals surface area contributed by atoms with E-state index in [1.165, 1.54) is 47.9 Å². The molecule has 2 aliphatic rings. The second-order valence-electron chi connectivity index (χ2n) is 7.31. The number of nitrogens with two attached hydrogens (primary N) is 2. The molecule has 5 N–H and O–H groups in total. The monoisotopic (exact) mass is 358 g/mol. The third kappa shape index (κ3) is 3.53. The van der Waals surface area contributed by atoms with Crippen molar-refractivity contribution in [3.05, 3.63) is 83.0 Å². The average molecular weight is 358 g/mol. The van der Waals surface area contributed by atoms with Crippen LogP contribution in [0.1, 0.15) is 48.3 Å². The van der Waals surface area contributed by atoms with Gasteiger partial charge in [0.25, 0.3) is 0 Å². The lowest BCUT2D eigenvalue weighted by Gasteiger charge is -2.29. The Morgan fingerprint density at radius 2 is 2.04 bits per heavy atom. The van der Waals surface area contributed by atoms with E-state index in [4.69, 9.17) is 11.7 Å². The smallest absolute Gasteiger partial charge is 0.166 e. The van der Waals surface area contributed by atoms with Gasteiger partial charge in [0.1, 0.15) is 0 Å². The molecule has 0 heterocycles. The van der Waals surface area contributed by atoms with Crippen LogP contribution < -0.4 is 17.1 Å². The Bertz CT molecular complexity index is 924. The van der Waals surface area contributed by atoms with E-state index < -0.39 is 0 Å². The normalized spacial score (nSPS) is 18.5. The van der Waals surface area contributed by atoms with Gasteiger partial charge in [-0.05, 0) is 66.3 Å². The summed E-state index contributed by atoms with van der Waals surface area (Å²) in [6.45, 7) is 0. The SMILES string of the molecule is NN=C(NN)c1ccc2c(c1)-c1ccccc1[C@@H](CCC1=CC=CCC1)C2. The molecule has 4 heteroatoms. The molecule has 138 valence electrons. The summed E-state index contributed by atoms with van der Waals surface area (Å²) >= 11 is 0. The zero-order valence-electron chi connectivity index (χ0n) is 15.5. The van der Waals surface area contributed by atoms with Crippen molar-refractivity contribution in [2.24, 2.45) is 16.8 Å². The van der Waals surface area contributed by atoms with Gasteiger partial charge in [-0.1, -0.05) is 60.2 Å². The number of hydrazone groups is 1. The molecule has 4 nitrogen and oxygen atoms in total. The number of hydrazine groups is 1. The number of allylic oxidation sites excluding steroid dienone is 4. The Kier molecular flexibility index (Phi) is 5.07. The molecule has 0 saturated carbocycles. The molecule has 2 aromatic carbocycles. The molecule has 0 amide bonds. The molecule has 4 rings (SSSR count). The molecule has 0 aliphatic heterocycles. The van der Waals surface area contributed by atoms with Gasteiger partial charge in [-0.2, -0.15) is 5.10 Å². The number of hydrogen-bond acceptors (Lipinski definition) is 3. The van der Waals surface area contributed by atoms with Gasteiger partial charge in [0.15, 0.2) is 5.84 Å². The van der Waals surface area contributed by atoms with Crippen LogP contribution in [0.3, 0.4) is 0 Å². The van der Waals surface area contributed by atoms with Gasteiger partial charge in [0, 0.05) is 5.56 Å². The van der Waals surface area contributed by atoms with Crippen molar-refractivity contribution in [1.82, 2.24) is 5.43 Å². The number of benzene rings is 2. The summed E-state index contributed by atoms with van der Waals surface area (Å²) in [6, 6.07) is 15.2. The lowest BCUT2D eigenvalue weighted by molar-refractivity contribution is 0.605. The highest BCUT2D eigenvalue weighted by atomic mass is 15.3. The predicted molar refractivity (Wildman–Crippen MR) is 112 cm³/mol. The fourth-order valence-electron chi connectivity index (χ4n) is 4.30. The van der Waals surface area contributed by atoms with E-state index in [9.17, 15) is 0 Å². The number of nitrogens with zero attached hydrogens (tertiary/aromatic N) is 1. The topological polar surface area (TPSA) is 76.4 Å². The van der Waals surface area contributed by atoms with Crippen LogP contribution in [-0.4, -0.2) is 5.84 Å². The minimum Gasteiger partial charge on any atom is -0.321 e. The van der Waals surface area contributed by atoms with Crippen LogP contribution in [0.4, 0.5) is 0 Å². The fourth-order valence-corrected chi connectivity index (χ4v) is 4.30. The Hall–Kier alpha value is -2.85. The molecule has 0 unspecified atom stereocenters. The van der Waals surface area contributed by atoms with Crippen molar-refractivity contribution in [1.29, 1.82) is 0 Å². The molecule has 2 aliphatic carbocycles. The number of nitrogens with one attached hydrogen (secondary N) is 1. The van der Waals surface area contributed by atoms with Crippen LogP contribution in [-0.2, 0) is 6.42 Å². The summed E-state index contributed by atoms with van der Waals surface area (Å²) in [5.74, 6) is 12.1. The second-order valence-corrected chi connectivity index (χ2v) is 7.31. The van der Waals surface area contributed by atoms with Crippen molar-refractivity contribution >= 4 is 5.84 Å². The highest BCUT2D eigenvalue weighted by Crippen LogP contribution is 2.42.